The van der Waals surface area contributed by atoms with E-state index in [4.69, 9.17) is 4.99 Å². The smallest absolute Gasteiger partial charge is 0.190 e. The fourth-order valence-corrected chi connectivity index (χ4v) is 3.64. The molecule has 2 heterocycles. The predicted molar refractivity (Wildman–Crippen MR) is 103 cm³/mol. The molecule has 0 bridgehead atoms. The van der Waals surface area contributed by atoms with E-state index in [2.05, 4.69) is 14.9 Å². The molecule has 2 aromatic heterocycles. The third-order valence-electron chi connectivity index (χ3n) is 3.98. The standard InChI is InChI=1S/C21H16FN3S/c22-18-10-8-17(9-11-18)20-15-26-21(24-19-6-2-1-3-7-19)25(20)14-16-5-4-12-23-13-16/h1-13,15H,14H2. The zero-order valence-electron chi connectivity index (χ0n) is 13.9. The molecule has 0 N–H and O–H groups in total. The number of thiazole rings is 1. The van der Waals surface area contributed by atoms with Crippen molar-refractivity contribution >= 4 is 17.0 Å². The molecule has 3 nitrogen and oxygen atoms in total. The Balaban J connectivity index is 1.84. The SMILES string of the molecule is Fc1ccc(-c2csc(=Nc3ccccc3)n2Cc2cccnc2)cc1. The highest BCUT2D eigenvalue weighted by atomic mass is 32.1. The summed E-state index contributed by atoms with van der Waals surface area (Å²) in [6.07, 6.45) is 3.61. The molecule has 4 rings (SSSR count). The van der Waals surface area contributed by atoms with Crippen molar-refractivity contribution in [2.24, 2.45) is 4.99 Å². The Morgan fingerprint density at radius 3 is 2.50 bits per heavy atom. The topological polar surface area (TPSA) is 30.2 Å². The number of rotatable bonds is 4. The monoisotopic (exact) mass is 361 g/mol. The van der Waals surface area contributed by atoms with Crippen LogP contribution in [0.1, 0.15) is 5.56 Å². The maximum Gasteiger partial charge on any atom is 0.190 e. The zero-order chi connectivity index (χ0) is 17.8. The molecule has 0 atom stereocenters. The van der Waals surface area contributed by atoms with Crippen molar-refractivity contribution in [2.75, 3.05) is 0 Å². The number of benzene rings is 2. The largest absolute Gasteiger partial charge is 0.312 e. The maximum atomic E-state index is 13.3. The average molecular weight is 361 g/mol. The minimum Gasteiger partial charge on any atom is -0.312 e. The van der Waals surface area contributed by atoms with Gasteiger partial charge in [0.1, 0.15) is 5.82 Å². The van der Waals surface area contributed by atoms with Gasteiger partial charge in [0.15, 0.2) is 4.80 Å². The summed E-state index contributed by atoms with van der Waals surface area (Å²) < 4.78 is 15.5. The highest BCUT2D eigenvalue weighted by Crippen LogP contribution is 2.22. The lowest BCUT2D eigenvalue weighted by atomic mass is 10.1. The number of hydrogen-bond donors (Lipinski definition) is 0. The maximum absolute atomic E-state index is 13.3. The van der Waals surface area contributed by atoms with Crippen LogP contribution in [-0.4, -0.2) is 9.55 Å². The lowest BCUT2D eigenvalue weighted by Gasteiger charge is -2.09. The minimum absolute atomic E-state index is 0.239. The highest BCUT2D eigenvalue weighted by molar-refractivity contribution is 7.07. The van der Waals surface area contributed by atoms with E-state index in [1.54, 1.807) is 29.7 Å². The number of aromatic nitrogens is 2. The van der Waals surface area contributed by atoms with Crippen LogP contribution in [0.25, 0.3) is 11.3 Å². The molecule has 4 aromatic rings. The van der Waals surface area contributed by atoms with Crippen LogP contribution in [0.3, 0.4) is 0 Å². The van der Waals surface area contributed by atoms with Crippen LogP contribution in [0.2, 0.25) is 0 Å². The molecule has 0 spiro atoms. The molecular formula is C21H16FN3S. The summed E-state index contributed by atoms with van der Waals surface area (Å²) in [5.41, 5.74) is 3.96. The Morgan fingerprint density at radius 1 is 0.962 bits per heavy atom. The first-order valence-corrected chi connectivity index (χ1v) is 9.10. The molecule has 0 fully saturated rings. The van der Waals surface area contributed by atoms with E-state index < -0.39 is 0 Å². The Hall–Kier alpha value is -3.05. The van der Waals surface area contributed by atoms with Gasteiger partial charge in [-0.25, -0.2) is 9.38 Å². The van der Waals surface area contributed by atoms with E-state index in [1.165, 1.54) is 12.1 Å². The van der Waals surface area contributed by atoms with E-state index >= 15 is 0 Å². The quantitative estimate of drug-likeness (QED) is 0.501. The molecule has 0 amide bonds. The first kappa shape index (κ1) is 16.4. The normalized spacial score (nSPS) is 11.7. The van der Waals surface area contributed by atoms with Gasteiger partial charge in [-0.05, 0) is 53.6 Å². The van der Waals surface area contributed by atoms with Gasteiger partial charge in [-0.1, -0.05) is 24.3 Å². The van der Waals surface area contributed by atoms with Gasteiger partial charge in [0.2, 0.25) is 0 Å². The third kappa shape index (κ3) is 3.63. The molecule has 26 heavy (non-hydrogen) atoms. The van der Waals surface area contributed by atoms with E-state index in [1.807, 2.05) is 48.7 Å². The number of hydrogen-bond acceptors (Lipinski definition) is 3. The Kier molecular flexibility index (Phi) is 4.71. The van der Waals surface area contributed by atoms with E-state index in [9.17, 15) is 4.39 Å². The second kappa shape index (κ2) is 7.45. The predicted octanol–water partition coefficient (Wildman–Crippen LogP) is 5.03. The molecule has 128 valence electrons. The van der Waals surface area contributed by atoms with Crippen molar-refractivity contribution < 1.29 is 4.39 Å². The van der Waals surface area contributed by atoms with Crippen LogP contribution in [0, 0.1) is 5.82 Å². The molecule has 0 unspecified atom stereocenters. The average Bonchev–Trinajstić information content (AvgIpc) is 3.06. The first-order valence-electron chi connectivity index (χ1n) is 8.22. The van der Waals surface area contributed by atoms with E-state index in [0.717, 1.165) is 27.3 Å². The molecule has 0 radical (unpaired) electrons. The summed E-state index contributed by atoms with van der Waals surface area (Å²) in [5, 5.41) is 2.06. The summed E-state index contributed by atoms with van der Waals surface area (Å²) in [5.74, 6) is -0.239. The van der Waals surface area contributed by atoms with Crippen LogP contribution in [0.15, 0.2) is 89.5 Å². The van der Waals surface area contributed by atoms with Crippen molar-refractivity contribution in [1.29, 1.82) is 0 Å². The van der Waals surface area contributed by atoms with Gasteiger partial charge in [0.25, 0.3) is 0 Å². The molecule has 5 heteroatoms. The molecule has 2 aromatic carbocycles. The fourth-order valence-electron chi connectivity index (χ4n) is 2.71. The van der Waals surface area contributed by atoms with Gasteiger partial charge < -0.3 is 4.57 Å². The van der Waals surface area contributed by atoms with Gasteiger partial charge in [-0.15, -0.1) is 11.3 Å². The van der Waals surface area contributed by atoms with Crippen molar-refractivity contribution in [3.8, 4) is 11.3 Å². The zero-order valence-corrected chi connectivity index (χ0v) is 14.7. The third-order valence-corrected chi connectivity index (χ3v) is 4.85. The number of halogens is 1. The highest BCUT2D eigenvalue weighted by Gasteiger charge is 2.09. The number of nitrogens with zero attached hydrogens (tertiary/aromatic N) is 3. The van der Waals surface area contributed by atoms with Crippen molar-refractivity contribution in [3.05, 3.63) is 101 Å². The van der Waals surface area contributed by atoms with Gasteiger partial charge in [-0.2, -0.15) is 0 Å². The summed E-state index contributed by atoms with van der Waals surface area (Å²) in [7, 11) is 0. The molecule has 0 aliphatic heterocycles. The van der Waals surface area contributed by atoms with Gasteiger partial charge >= 0.3 is 0 Å². The molecule has 0 aliphatic rings. The van der Waals surface area contributed by atoms with Crippen LogP contribution >= 0.6 is 11.3 Å². The number of pyridine rings is 1. The van der Waals surface area contributed by atoms with Crippen molar-refractivity contribution in [3.63, 3.8) is 0 Å². The summed E-state index contributed by atoms with van der Waals surface area (Å²) in [4.78, 5) is 9.88. The Morgan fingerprint density at radius 2 is 1.77 bits per heavy atom. The van der Waals surface area contributed by atoms with Gasteiger partial charge in [-0.3, -0.25) is 4.98 Å². The second-order valence-electron chi connectivity index (χ2n) is 5.81. The van der Waals surface area contributed by atoms with E-state index in [-0.39, 0.29) is 5.82 Å². The summed E-state index contributed by atoms with van der Waals surface area (Å²) in [6, 6.07) is 20.4. The van der Waals surface area contributed by atoms with Crippen LogP contribution in [0.5, 0.6) is 0 Å². The van der Waals surface area contributed by atoms with Crippen LogP contribution < -0.4 is 4.80 Å². The van der Waals surface area contributed by atoms with Crippen molar-refractivity contribution in [2.45, 2.75) is 6.54 Å². The second-order valence-corrected chi connectivity index (χ2v) is 6.64. The molecule has 0 aliphatic carbocycles. The Bertz CT molecular complexity index is 1050. The van der Waals surface area contributed by atoms with E-state index in [0.29, 0.717) is 6.54 Å². The van der Waals surface area contributed by atoms with Crippen molar-refractivity contribution in [1.82, 2.24) is 9.55 Å². The van der Waals surface area contributed by atoms with Crippen LogP contribution in [-0.2, 0) is 6.54 Å². The number of para-hydroxylation sites is 1. The first-order chi connectivity index (χ1) is 12.8. The minimum atomic E-state index is -0.239. The lowest BCUT2D eigenvalue weighted by molar-refractivity contribution is 0.628. The summed E-state index contributed by atoms with van der Waals surface area (Å²) in [6.45, 7) is 0.649. The fraction of sp³-hybridized carbons (Fsp3) is 0.0476. The Labute approximate surface area is 154 Å². The molecule has 0 saturated heterocycles. The van der Waals surface area contributed by atoms with Gasteiger partial charge in [0, 0.05) is 17.8 Å². The lowest BCUT2D eigenvalue weighted by Crippen LogP contribution is -2.16. The molecule has 0 saturated carbocycles. The van der Waals surface area contributed by atoms with Crippen LogP contribution in [0.4, 0.5) is 10.1 Å². The van der Waals surface area contributed by atoms with Gasteiger partial charge in [0.05, 0.1) is 17.9 Å². The molecular weight excluding hydrogens is 345 g/mol. The summed E-state index contributed by atoms with van der Waals surface area (Å²) >= 11 is 1.57.